The van der Waals surface area contributed by atoms with E-state index < -0.39 is 5.54 Å². The first-order chi connectivity index (χ1) is 15.4. The van der Waals surface area contributed by atoms with Crippen LogP contribution in [-0.4, -0.2) is 29.6 Å². The van der Waals surface area contributed by atoms with Gasteiger partial charge in [0.05, 0.1) is 22.7 Å². The minimum absolute atomic E-state index is 0.189. The van der Waals surface area contributed by atoms with Gasteiger partial charge in [0.2, 0.25) is 5.91 Å². The summed E-state index contributed by atoms with van der Waals surface area (Å²) in [6.07, 6.45) is 4.29. The number of nitrogens with one attached hydrogen (secondary N) is 2. The molecule has 164 valence electrons. The quantitative estimate of drug-likeness (QED) is 0.447. The molecule has 1 aromatic heterocycles. The van der Waals surface area contributed by atoms with E-state index in [-0.39, 0.29) is 5.91 Å². The van der Waals surface area contributed by atoms with E-state index in [1.807, 2.05) is 56.3 Å². The third-order valence-corrected chi connectivity index (χ3v) is 5.25. The van der Waals surface area contributed by atoms with Crippen molar-refractivity contribution in [1.29, 1.82) is 5.26 Å². The summed E-state index contributed by atoms with van der Waals surface area (Å²) in [5, 5.41) is 15.3. The molecule has 0 bridgehead atoms. The van der Waals surface area contributed by atoms with E-state index in [4.69, 9.17) is 21.6 Å². The Hall–Kier alpha value is -3.40. The van der Waals surface area contributed by atoms with Crippen molar-refractivity contribution in [1.82, 2.24) is 10.3 Å². The molecule has 0 radical (unpaired) electrons. The van der Waals surface area contributed by atoms with Gasteiger partial charge in [-0.15, -0.1) is 0 Å². The van der Waals surface area contributed by atoms with E-state index in [2.05, 4.69) is 15.6 Å². The number of benzene rings is 2. The number of hydrogen-bond acceptors (Lipinski definition) is 5. The maximum Gasteiger partial charge on any atom is 0.244 e. The van der Waals surface area contributed by atoms with Crippen LogP contribution in [-0.2, 0) is 4.79 Å². The Morgan fingerprint density at radius 2 is 1.78 bits per heavy atom. The highest BCUT2D eigenvalue weighted by atomic mass is 35.5. The van der Waals surface area contributed by atoms with Gasteiger partial charge in [-0.3, -0.25) is 9.78 Å². The monoisotopic (exact) mass is 448 g/mol. The molecule has 1 amide bonds. The number of ether oxygens (including phenoxy) is 1. The molecular weight excluding hydrogens is 424 g/mol. The average molecular weight is 449 g/mol. The molecule has 0 aliphatic rings. The van der Waals surface area contributed by atoms with Crippen LogP contribution >= 0.6 is 11.6 Å². The molecule has 0 atom stereocenters. The Morgan fingerprint density at radius 3 is 2.44 bits per heavy atom. The second kappa shape index (κ2) is 10.8. The molecule has 7 heteroatoms. The first kappa shape index (κ1) is 23.3. The number of carbonyl (C=O) groups excluding carboxylic acids is 1. The Balaban J connectivity index is 1.42. The summed E-state index contributed by atoms with van der Waals surface area (Å²) in [4.78, 5) is 16.7. The van der Waals surface area contributed by atoms with Gasteiger partial charge in [0, 0.05) is 18.1 Å². The third kappa shape index (κ3) is 6.30. The number of hydrogen-bond donors (Lipinski definition) is 2. The van der Waals surface area contributed by atoms with E-state index in [1.54, 1.807) is 30.6 Å². The lowest BCUT2D eigenvalue weighted by Gasteiger charge is -2.25. The zero-order valence-electron chi connectivity index (χ0n) is 18.1. The van der Waals surface area contributed by atoms with Crippen molar-refractivity contribution in [3.63, 3.8) is 0 Å². The van der Waals surface area contributed by atoms with Crippen LogP contribution in [0.1, 0.15) is 25.8 Å². The lowest BCUT2D eigenvalue weighted by atomic mass is 10.0. The van der Waals surface area contributed by atoms with E-state index in [0.29, 0.717) is 29.4 Å². The van der Waals surface area contributed by atoms with E-state index in [0.717, 1.165) is 23.3 Å². The Morgan fingerprint density at radius 1 is 1.09 bits per heavy atom. The molecule has 6 nitrogen and oxygen atoms in total. The highest BCUT2D eigenvalue weighted by Crippen LogP contribution is 2.22. The Labute approximate surface area is 193 Å². The first-order valence-electron chi connectivity index (χ1n) is 10.3. The summed E-state index contributed by atoms with van der Waals surface area (Å²) in [6, 6.07) is 18.7. The molecular formula is C25H25ClN4O2. The molecule has 3 rings (SSSR count). The number of amides is 1. The maximum absolute atomic E-state index is 12.6. The number of nitrogens with zero attached hydrogens (tertiary/aromatic N) is 2. The lowest BCUT2D eigenvalue weighted by molar-refractivity contribution is -0.121. The smallest absolute Gasteiger partial charge is 0.244 e. The first-order valence-corrected chi connectivity index (χ1v) is 10.7. The maximum atomic E-state index is 12.6. The molecule has 0 aliphatic heterocycles. The van der Waals surface area contributed by atoms with Crippen LogP contribution in [0.4, 0.5) is 5.69 Å². The van der Waals surface area contributed by atoms with Gasteiger partial charge in [-0.25, -0.2) is 0 Å². The number of halogens is 1. The zero-order chi connectivity index (χ0) is 23.0. The Bertz CT molecular complexity index is 1090. The third-order valence-electron chi connectivity index (χ3n) is 4.94. The van der Waals surface area contributed by atoms with Crippen molar-refractivity contribution in [3.05, 3.63) is 77.6 Å². The van der Waals surface area contributed by atoms with Crippen molar-refractivity contribution < 1.29 is 9.53 Å². The van der Waals surface area contributed by atoms with Gasteiger partial charge in [0.25, 0.3) is 0 Å². The van der Waals surface area contributed by atoms with Crippen molar-refractivity contribution in [3.8, 4) is 22.9 Å². The van der Waals surface area contributed by atoms with Crippen molar-refractivity contribution in [2.75, 3.05) is 18.5 Å². The van der Waals surface area contributed by atoms with Gasteiger partial charge in [0.1, 0.15) is 11.8 Å². The SMILES string of the molecule is CC(C)(NCCCOc1ccc(-c2ccncc2)cc1)C(=O)Nc1ccc(C#N)c(Cl)c1. The van der Waals surface area contributed by atoms with E-state index in [9.17, 15) is 4.79 Å². The molecule has 0 unspecified atom stereocenters. The summed E-state index contributed by atoms with van der Waals surface area (Å²) in [6.45, 7) is 4.77. The molecule has 0 saturated heterocycles. The van der Waals surface area contributed by atoms with Crippen LogP contribution in [0.5, 0.6) is 5.75 Å². The minimum Gasteiger partial charge on any atom is -0.494 e. The van der Waals surface area contributed by atoms with Crippen LogP contribution in [0, 0.1) is 11.3 Å². The summed E-state index contributed by atoms with van der Waals surface area (Å²) in [5.74, 6) is 0.614. The number of anilines is 1. The van der Waals surface area contributed by atoms with Gasteiger partial charge in [-0.05, 0) is 80.4 Å². The van der Waals surface area contributed by atoms with E-state index >= 15 is 0 Å². The standard InChI is InChI=1S/C25H25ClN4O2/c1-25(2,24(31)30-21-7-4-20(17-27)23(26)16-21)29-12-3-15-32-22-8-5-18(6-9-22)19-10-13-28-14-11-19/h4-11,13-14,16,29H,3,12,15H2,1-2H3,(H,30,31). The molecule has 0 aliphatic carbocycles. The van der Waals surface area contributed by atoms with Gasteiger partial charge < -0.3 is 15.4 Å². The van der Waals surface area contributed by atoms with Gasteiger partial charge in [0.15, 0.2) is 0 Å². The largest absolute Gasteiger partial charge is 0.494 e. The van der Waals surface area contributed by atoms with E-state index in [1.165, 1.54) is 0 Å². The fraction of sp³-hybridized carbons (Fsp3) is 0.240. The van der Waals surface area contributed by atoms with Crippen LogP contribution in [0.2, 0.25) is 5.02 Å². The molecule has 0 fully saturated rings. The second-order valence-electron chi connectivity index (χ2n) is 7.77. The van der Waals surface area contributed by atoms with Crippen LogP contribution in [0.15, 0.2) is 67.0 Å². The summed E-state index contributed by atoms with van der Waals surface area (Å²) < 4.78 is 5.81. The van der Waals surface area contributed by atoms with Crippen LogP contribution in [0.3, 0.4) is 0 Å². The van der Waals surface area contributed by atoms with Crippen molar-refractivity contribution in [2.45, 2.75) is 25.8 Å². The highest BCUT2D eigenvalue weighted by molar-refractivity contribution is 6.32. The van der Waals surface area contributed by atoms with Gasteiger partial charge in [-0.2, -0.15) is 5.26 Å². The topological polar surface area (TPSA) is 87.0 Å². The normalized spacial score (nSPS) is 10.9. The predicted octanol–water partition coefficient (Wildman–Crippen LogP) is 5.05. The molecule has 32 heavy (non-hydrogen) atoms. The highest BCUT2D eigenvalue weighted by Gasteiger charge is 2.26. The van der Waals surface area contributed by atoms with Crippen LogP contribution < -0.4 is 15.4 Å². The number of aromatic nitrogens is 1. The average Bonchev–Trinajstić information content (AvgIpc) is 2.80. The molecule has 0 spiro atoms. The summed E-state index contributed by atoms with van der Waals surface area (Å²) in [7, 11) is 0. The van der Waals surface area contributed by atoms with Gasteiger partial charge in [-0.1, -0.05) is 23.7 Å². The Kier molecular flexibility index (Phi) is 7.82. The number of rotatable bonds is 9. The molecule has 1 heterocycles. The number of carbonyl (C=O) groups is 1. The molecule has 0 saturated carbocycles. The minimum atomic E-state index is -0.785. The predicted molar refractivity (Wildman–Crippen MR) is 127 cm³/mol. The summed E-state index contributed by atoms with van der Waals surface area (Å²) in [5.41, 5.74) is 2.35. The molecule has 2 aromatic carbocycles. The lowest BCUT2D eigenvalue weighted by Crippen LogP contribution is -2.50. The molecule has 3 aromatic rings. The molecule has 2 N–H and O–H groups in total. The summed E-state index contributed by atoms with van der Waals surface area (Å²) >= 11 is 6.03. The number of pyridine rings is 1. The number of nitriles is 1. The van der Waals surface area contributed by atoms with Crippen molar-refractivity contribution in [2.24, 2.45) is 0 Å². The second-order valence-corrected chi connectivity index (χ2v) is 8.18. The fourth-order valence-electron chi connectivity index (χ4n) is 3.00. The zero-order valence-corrected chi connectivity index (χ0v) is 18.8. The van der Waals surface area contributed by atoms with Crippen LogP contribution in [0.25, 0.3) is 11.1 Å². The fourth-order valence-corrected chi connectivity index (χ4v) is 3.23. The van der Waals surface area contributed by atoms with Gasteiger partial charge >= 0.3 is 0 Å². The van der Waals surface area contributed by atoms with Crippen molar-refractivity contribution >= 4 is 23.2 Å².